The molecule has 19 heavy (non-hydrogen) atoms. The monoisotopic (exact) mass is 359 g/mol. The Morgan fingerprint density at radius 2 is 2.21 bits per heavy atom. The number of nitrogens with one attached hydrogen (secondary N) is 1. The van der Waals surface area contributed by atoms with Gasteiger partial charge in [0.1, 0.15) is 5.69 Å². The molecule has 0 unspecified atom stereocenters. The summed E-state index contributed by atoms with van der Waals surface area (Å²) in [5, 5.41) is 8.30. The topological polar surface area (TPSA) is 37.8 Å². The van der Waals surface area contributed by atoms with Crippen LogP contribution >= 0.6 is 39.1 Å². The van der Waals surface area contributed by atoms with Crippen LogP contribution < -0.4 is 5.32 Å². The van der Waals surface area contributed by atoms with Crippen molar-refractivity contribution in [3.05, 3.63) is 32.6 Å². The van der Waals surface area contributed by atoms with Crippen molar-refractivity contribution in [1.82, 2.24) is 14.9 Å². The first kappa shape index (κ1) is 14.9. The molecule has 0 fully saturated rings. The van der Waals surface area contributed by atoms with E-state index in [0.717, 1.165) is 33.7 Å². The van der Waals surface area contributed by atoms with Crippen LogP contribution in [0.3, 0.4) is 0 Å². The molecule has 0 aliphatic carbocycles. The van der Waals surface area contributed by atoms with Crippen LogP contribution in [0.15, 0.2) is 22.7 Å². The lowest BCUT2D eigenvalue weighted by atomic mass is 10.1. The highest BCUT2D eigenvalue weighted by atomic mass is 79.9. The standard InChI is InChI=1S/C13H15BrClN3S/c1-8(2)6-16-7-12-13(17-18-19-12)10-4-3-9(14)5-11(10)15/h3-5,8,16H,6-7H2,1-2H3. The molecule has 0 atom stereocenters. The van der Waals surface area contributed by atoms with Gasteiger partial charge in [0.05, 0.1) is 9.90 Å². The van der Waals surface area contributed by atoms with Gasteiger partial charge in [0.15, 0.2) is 0 Å². The molecule has 1 aromatic carbocycles. The molecule has 102 valence electrons. The number of rotatable bonds is 5. The van der Waals surface area contributed by atoms with E-state index in [1.807, 2.05) is 18.2 Å². The molecule has 0 saturated heterocycles. The van der Waals surface area contributed by atoms with Crippen LogP contribution in [0.5, 0.6) is 0 Å². The first-order valence-electron chi connectivity index (χ1n) is 6.05. The van der Waals surface area contributed by atoms with Crippen molar-refractivity contribution in [2.45, 2.75) is 20.4 Å². The lowest BCUT2D eigenvalue weighted by molar-refractivity contribution is 0.555. The molecule has 0 amide bonds. The molecule has 0 radical (unpaired) electrons. The molecular weight excluding hydrogens is 346 g/mol. The lowest BCUT2D eigenvalue weighted by Gasteiger charge is -2.07. The fourth-order valence-corrected chi connectivity index (χ4v) is 3.07. The van der Waals surface area contributed by atoms with E-state index < -0.39 is 0 Å². The van der Waals surface area contributed by atoms with Crippen LogP contribution in [-0.4, -0.2) is 16.1 Å². The Morgan fingerprint density at radius 3 is 2.89 bits per heavy atom. The molecular formula is C13H15BrClN3S. The highest BCUT2D eigenvalue weighted by molar-refractivity contribution is 9.10. The largest absolute Gasteiger partial charge is 0.311 e. The zero-order valence-corrected chi connectivity index (χ0v) is 13.9. The highest BCUT2D eigenvalue weighted by Gasteiger charge is 2.13. The number of nitrogens with zero attached hydrogens (tertiary/aromatic N) is 2. The molecule has 0 aliphatic rings. The van der Waals surface area contributed by atoms with Crippen molar-refractivity contribution < 1.29 is 0 Å². The van der Waals surface area contributed by atoms with Crippen molar-refractivity contribution in [2.75, 3.05) is 6.54 Å². The molecule has 1 heterocycles. The van der Waals surface area contributed by atoms with Crippen molar-refractivity contribution in [3.8, 4) is 11.3 Å². The summed E-state index contributed by atoms with van der Waals surface area (Å²) in [5.74, 6) is 0.626. The van der Waals surface area contributed by atoms with Gasteiger partial charge < -0.3 is 5.32 Å². The van der Waals surface area contributed by atoms with Gasteiger partial charge in [0, 0.05) is 16.6 Å². The zero-order valence-electron chi connectivity index (χ0n) is 10.8. The Morgan fingerprint density at radius 1 is 1.42 bits per heavy atom. The zero-order chi connectivity index (χ0) is 13.8. The van der Waals surface area contributed by atoms with E-state index in [1.54, 1.807) is 0 Å². The summed E-state index contributed by atoms with van der Waals surface area (Å²) in [4.78, 5) is 1.12. The van der Waals surface area contributed by atoms with Crippen molar-refractivity contribution in [3.63, 3.8) is 0 Å². The summed E-state index contributed by atoms with van der Waals surface area (Å²) in [6.45, 7) is 6.12. The molecule has 0 saturated carbocycles. The number of aromatic nitrogens is 2. The smallest absolute Gasteiger partial charge is 0.111 e. The maximum Gasteiger partial charge on any atom is 0.111 e. The third-order valence-corrected chi connectivity index (χ3v) is 4.11. The van der Waals surface area contributed by atoms with Gasteiger partial charge in [-0.15, -0.1) is 5.10 Å². The molecule has 0 bridgehead atoms. The average Bonchev–Trinajstić information content (AvgIpc) is 2.77. The van der Waals surface area contributed by atoms with Gasteiger partial charge in [-0.3, -0.25) is 0 Å². The summed E-state index contributed by atoms with van der Waals surface area (Å²) >= 11 is 11.1. The molecule has 0 aliphatic heterocycles. The number of benzene rings is 1. The molecule has 3 nitrogen and oxygen atoms in total. The quantitative estimate of drug-likeness (QED) is 0.860. The minimum Gasteiger partial charge on any atom is -0.311 e. The predicted octanol–water partition coefficient (Wildman–Crippen LogP) is 4.37. The van der Waals surface area contributed by atoms with Crippen LogP contribution in [0.2, 0.25) is 5.02 Å². The van der Waals surface area contributed by atoms with Crippen LogP contribution in [0, 0.1) is 5.92 Å². The first-order chi connectivity index (χ1) is 9.08. The van der Waals surface area contributed by atoms with Gasteiger partial charge >= 0.3 is 0 Å². The van der Waals surface area contributed by atoms with Crippen LogP contribution in [0.1, 0.15) is 18.7 Å². The van der Waals surface area contributed by atoms with Crippen molar-refractivity contribution in [2.24, 2.45) is 5.92 Å². The fraction of sp³-hybridized carbons (Fsp3) is 0.385. The van der Waals surface area contributed by atoms with E-state index in [2.05, 4.69) is 44.7 Å². The Balaban J connectivity index is 2.19. The van der Waals surface area contributed by atoms with E-state index in [0.29, 0.717) is 10.9 Å². The number of halogens is 2. The fourth-order valence-electron chi connectivity index (χ4n) is 1.69. The van der Waals surface area contributed by atoms with E-state index in [1.165, 1.54) is 11.5 Å². The molecule has 1 aromatic heterocycles. The summed E-state index contributed by atoms with van der Waals surface area (Å²) in [7, 11) is 0. The van der Waals surface area contributed by atoms with E-state index in [-0.39, 0.29) is 0 Å². The molecule has 0 spiro atoms. The molecule has 1 N–H and O–H groups in total. The third-order valence-electron chi connectivity index (χ3n) is 2.58. The Kier molecular flexibility index (Phi) is 5.33. The second-order valence-corrected chi connectivity index (χ2v) is 6.86. The summed E-state index contributed by atoms with van der Waals surface area (Å²) in [6, 6.07) is 5.81. The predicted molar refractivity (Wildman–Crippen MR) is 84.6 cm³/mol. The third kappa shape index (κ3) is 3.99. The van der Waals surface area contributed by atoms with Gasteiger partial charge in [-0.2, -0.15) is 0 Å². The van der Waals surface area contributed by atoms with Crippen molar-refractivity contribution >= 4 is 39.1 Å². The Hall–Kier alpha value is -0.490. The molecule has 2 rings (SSSR count). The van der Waals surface area contributed by atoms with Gasteiger partial charge in [0.2, 0.25) is 0 Å². The Bertz CT molecular complexity index is 557. The maximum atomic E-state index is 6.26. The van der Waals surface area contributed by atoms with Gasteiger partial charge in [0.25, 0.3) is 0 Å². The normalized spacial score (nSPS) is 11.2. The second kappa shape index (κ2) is 6.79. The average molecular weight is 361 g/mol. The molecule has 2 aromatic rings. The Labute approximate surface area is 130 Å². The first-order valence-corrected chi connectivity index (χ1v) is 7.99. The number of hydrogen-bond acceptors (Lipinski definition) is 4. The SMILES string of the molecule is CC(C)CNCc1snnc1-c1ccc(Br)cc1Cl. The summed E-state index contributed by atoms with van der Waals surface area (Å²) in [5.41, 5.74) is 1.80. The lowest BCUT2D eigenvalue weighted by Crippen LogP contribution is -2.18. The van der Waals surface area contributed by atoms with Gasteiger partial charge in [-0.05, 0) is 36.1 Å². The second-order valence-electron chi connectivity index (χ2n) is 4.69. The van der Waals surface area contributed by atoms with E-state index >= 15 is 0 Å². The summed E-state index contributed by atoms with van der Waals surface area (Å²) in [6.07, 6.45) is 0. The van der Waals surface area contributed by atoms with Crippen LogP contribution in [0.4, 0.5) is 0 Å². The number of hydrogen-bond donors (Lipinski definition) is 1. The van der Waals surface area contributed by atoms with Crippen molar-refractivity contribution in [1.29, 1.82) is 0 Å². The maximum absolute atomic E-state index is 6.26. The van der Waals surface area contributed by atoms with E-state index in [9.17, 15) is 0 Å². The van der Waals surface area contributed by atoms with Crippen LogP contribution in [0.25, 0.3) is 11.3 Å². The minimum atomic E-state index is 0.626. The minimum absolute atomic E-state index is 0.626. The van der Waals surface area contributed by atoms with Gasteiger partial charge in [-0.25, -0.2) is 0 Å². The van der Waals surface area contributed by atoms with E-state index in [4.69, 9.17) is 11.6 Å². The molecule has 6 heteroatoms. The van der Waals surface area contributed by atoms with Gasteiger partial charge in [-0.1, -0.05) is 51.9 Å². The highest BCUT2D eigenvalue weighted by Crippen LogP contribution is 2.32. The van der Waals surface area contributed by atoms with Crippen LogP contribution in [-0.2, 0) is 6.54 Å². The summed E-state index contributed by atoms with van der Waals surface area (Å²) < 4.78 is 5.00.